The first kappa shape index (κ1) is 16.5. The summed E-state index contributed by atoms with van der Waals surface area (Å²) < 4.78 is 5.71. The van der Waals surface area contributed by atoms with E-state index in [-0.39, 0.29) is 0 Å². The lowest BCUT2D eigenvalue weighted by Crippen LogP contribution is -1.90. The van der Waals surface area contributed by atoms with Gasteiger partial charge < -0.3 is 4.74 Å². The molecule has 0 saturated heterocycles. The van der Waals surface area contributed by atoms with Crippen molar-refractivity contribution in [1.29, 1.82) is 0 Å². The maximum absolute atomic E-state index is 5.71. The molecular weight excluding hydrogens is 296 g/mol. The van der Waals surface area contributed by atoms with Gasteiger partial charge >= 0.3 is 0 Å². The van der Waals surface area contributed by atoms with Crippen molar-refractivity contribution in [2.24, 2.45) is 0 Å². The van der Waals surface area contributed by atoms with E-state index in [9.17, 15) is 0 Å². The van der Waals surface area contributed by atoms with E-state index in [1.54, 1.807) is 23.5 Å². The van der Waals surface area contributed by atoms with Crippen LogP contribution in [0.3, 0.4) is 0 Å². The Morgan fingerprint density at radius 1 is 0.667 bits per heavy atom. The highest BCUT2D eigenvalue weighted by atomic mass is 32.2. The second-order valence-electron chi connectivity index (χ2n) is 5.22. The van der Waals surface area contributed by atoms with Gasteiger partial charge in [-0.15, -0.1) is 0 Å². The number of aryl methyl sites for hydroxylation is 4. The number of thioether (sulfide) groups is 2. The molecule has 0 aromatic heterocycles. The van der Waals surface area contributed by atoms with E-state index in [1.165, 1.54) is 32.0 Å². The maximum atomic E-state index is 5.71. The summed E-state index contributed by atoms with van der Waals surface area (Å²) in [4.78, 5) is 2.54. The van der Waals surface area contributed by atoms with Crippen LogP contribution >= 0.6 is 23.5 Å². The highest BCUT2D eigenvalue weighted by molar-refractivity contribution is 7.99. The third-order valence-electron chi connectivity index (χ3n) is 3.57. The van der Waals surface area contributed by atoms with Gasteiger partial charge in [0.05, 0.1) is 11.9 Å². The molecule has 2 rings (SSSR count). The fraction of sp³-hybridized carbons (Fsp3) is 0.333. The number of ether oxygens (including phenoxy) is 1. The van der Waals surface area contributed by atoms with Gasteiger partial charge in [0, 0.05) is 9.79 Å². The molecule has 112 valence electrons. The zero-order chi connectivity index (χ0) is 15.2. The Bertz CT molecular complexity index is 555. The number of hydrogen-bond acceptors (Lipinski definition) is 3. The van der Waals surface area contributed by atoms with Gasteiger partial charge in [0.25, 0.3) is 0 Å². The van der Waals surface area contributed by atoms with E-state index in [4.69, 9.17) is 4.74 Å². The zero-order valence-electron chi connectivity index (χ0n) is 13.1. The lowest BCUT2D eigenvalue weighted by atomic mass is 10.1. The van der Waals surface area contributed by atoms with Crippen LogP contribution in [0.15, 0.2) is 46.2 Å². The Hall–Kier alpha value is -0.900. The van der Waals surface area contributed by atoms with E-state index in [0.29, 0.717) is 11.9 Å². The molecule has 0 aliphatic heterocycles. The van der Waals surface area contributed by atoms with Gasteiger partial charge in [-0.05, 0) is 74.2 Å². The molecular formula is C18H22OS2. The highest BCUT2D eigenvalue weighted by Crippen LogP contribution is 2.24. The molecule has 0 bridgehead atoms. The lowest BCUT2D eigenvalue weighted by Gasteiger charge is -2.07. The van der Waals surface area contributed by atoms with Gasteiger partial charge in [0.1, 0.15) is 0 Å². The quantitative estimate of drug-likeness (QED) is 0.382. The van der Waals surface area contributed by atoms with Crippen molar-refractivity contribution in [3.8, 4) is 0 Å². The first-order chi connectivity index (χ1) is 10.1. The molecule has 0 aliphatic rings. The summed E-state index contributed by atoms with van der Waals surface area (Å²) in [5.74, 6) is 1.39. The second kappa shape index (κ2) is 7.92. The molecule has 0 heterocycles. The largest absolute Gasteiger partial charge is 0.360 e. The van der Waals surface area contributed by atoms with E-state index in [0.717, 1.165) is 0 Å². The first-order valence-electron chi connectivity index (χ1n) is 7.04. The molecule has 0 fully saturated rings. The topological polar surface area (TPSA) is 9.23 Å². The molecule has 0 radical (unpaired) electrons. The minimum Gasteiger partial charge on any atom is -0.360 e. The summed E-state index contributed by atoms with van der Waals surface area (Å²) in [5, 5.41) is 0. The van der Waals surface area contributed by atoms with E-state index < -0.39 is 0 Å². The maximum Gasteiger partial charge on any atom is 0.0978 e. The van der Waals surface area contributed by atoms with Gasteiger partial charge in [-0.1, -0.05) is 35.7 Å². The van der Waals surface area contributed by atoms with E-state index in [1.807, 2.05) is 0 Å². The predicted octanol–water partition coefficient (Wildman–Crippen LogP) is 5.74. The van der Waals surface area contributed by atoms with E-state index in [2.05, 4.69) is 64.1 Å². The van der Waals surface area contributed by atoms with Crippen molar-refractivity contribution in [1.82, 2.24) is 0 Å². The van der Waals surface area contributed by atoms with Crippen molar-refractivity contribution in [3.05, 3.63) is 58.7 Å². The molecule has 0 N–H and O–H groups in total. The molecule has 0 atom stereocenters. The predicted molar refractivity (Wildman–Crippen MR) is 94.4 cm³/mol. The van der Waals surface area contributed by atoms with Crippen molar-refractivity contribution < 1.29 is 4.74 Å². The van der Waals surface area contributed by atoms with Crippen LogP contribution in [0.2, 0.25) is 0 Å². The van der Waals surface area contributed by atoms with Crippen LogP contribution in [0.5, 0.6) is 0 Å². The number of hydrogen-bond donors (Lipinski definition) is 0. The SMILES string of the molecule is Cc1ccc(SCOCSc2ccc(C)c(C)c2)cc1C. The Morgan fingerprint density at radius 2 is 1.10 bits per heavy atom. The summed E-state index contributed by atoms with van der Waals surface area (Å²) in [5.41, 5.74) is 5.35. The third-order valence-corrected chi connectivity index (χ3v) is 5.32. The molecule has 3 heteroatoms. The lowest BCUT2D eigenvalue weighted by molar-refractivity contribution is 0.240. The highest BCUT2D eigenvalue weighted by Gasteiger charge is 1.99. The molecule has 0 spiro atoms. The van der Waals surface area contributed by atoms with Crippen molar-refractivity contribution in [3.63, 3.8) is 0 Å². The van der Waals surface area contributed by atoms with Crippen LogP contribution in [-0.4, -0.2) is 11.9 Å². The van der Waals surface area contributed by atoms with Crippen LogP contribution in [-0.2, 0) is 4.74 Å². The minimum absolute atomic E-state index is 0.695. The summed E-state index contributed by atoms with van der Waals surface area (Å²) >= 11 is 3.50. The number of benzene rings is 2. The number of rotatable bonds is 6. The van der Waals surface area contributed by atoms with Crippen molar-refractivity contribution in [2.75, 3.05) is 11.9 Å². The van der Waals surface area contributed by atoms with Crippen LogP contribution in [0.1, 0.15) is 22.3 Å². The standard InChI is InChI=1S/C18H22OS2/c1-13-5-7-17(9-15(13)3)20-11-19-12-21-18-8-6-14(2)16(4)10-18/h5-10H,11-12H2,1-4H3. The summed E-state index contributed by atoms with van der Waals surface area (Å²) in [7, 11) is 0. The molecule has 0 saturated carbocycles. The fourth-order valence-electron chi connectivity index (χ4n) is 1.86. The molecule has 21 heavy (non-hydrogen) atoms. The molecule has 1 nitrogen and oxygen atoms in total. The molecule has 0 aliphatic carbocycles. The molecule has 0 amide bonds. The van der Waals surface area contributed by atoms with Gasteiger partial charge in [-0.25, -0.2) is 0 Å². The molecule has 2 aromatic carbocycles. The fourth-order valence-corrected chi connectivity index (χ4v) is 3.42. The zero-order valence-corrected chi connectivity index (χ0v) is 14.7. The Kier molecular flexibility index (Phi) is 6.22. The molecule has 0 unspecified atom stereocenters. The monoisotopic (exact) mass is 318 g/mol. The summed E-state index contributed by atoms with van der Waals surface area (Å²) in [6.07, 6.45) is 0. The van der Waals surface area contributed by atoms with Gasteiger partial charge in [-0.3, -0.25) is 0 Å². The normalized spacial score (nSPS) is 10.9. The molecule has 2 aromatic rings. The Balaban J connectivity index is 1.72. The van der Waals surface area contributed by atoms with Gasteiger partial charge in [0.15, 0.2) is 0 Å². The smallest absolute Gasteiger partial charge is 0.0978 e. The van der Waals surface area contributed by atoms with Crippen LogP contribution in [0.25, 0.3) is 0 Å². The Morgan fingerprint density at radius 3 is 1.48 bits per heavy atom. The first-order valence-corrected chi connectivity index (χ1v) is 9.01. The van der Waals surface area contributed by atoms with Crippen molar-refractivity contribution >= 4 is 23.5 Å². The van der Waals surface area contributed by atoms with Gasteiger partial charge in [-0.2, -0.15) is 0 Å². The average Bonchev–Trinajstić information content (AvgIpc) is 2.46. The summed E-state index contributed by atoms with van der Waals surface area (Å²) in [6, 6.07) is 13.1. The van der Waals surface area contributed by atoms with Crippen LogP contribution in [0, 0.1) is 27.7 Å². The third kappa shape index (κ3) is 5.10. The Labute approximate surface area is 136 Å². The van der Waals surface area contributed by atoms with E-state index >= 15 is 0 Å². The second-order valence-corrected chi connectivity index (χ2v) is 7.21. The van der Waals surface area contributed by atoms with Crippen LogP contribution in [0.4, 0.5) is 0 Å². The van der Waals surface area contributed by atoms with Crippen molar-refractivity contribution in [2.45, 2.75) is 37.5 Å². The minimum atomic E-state index is 0.695. The van der Waals surface area contributed by atoms with Gasteiger partial charge in [0.2, 0.25) is 0 Å². The average molecular weight is 319 g/mol. The summed E-state index contributed by atoms with van der Waals surface area (Å²) in [6.45, 7) is 8.58. The van der Waals surface area contributed by atoms with Crippen LogP contribution < -0.4 is 0 Å².